The van der Waals surface area contributed by atoms with Crippen LogP contribution in [0.25, 0.3) is 11.0 Å². The van der Waals surface area contributed by atoms with Gasteiger partial charge in [0.25, 0.3) is 0 Å². The van der Waals surface area contributed by atoms with Crippen molar-refractivity contribution in [3.05, 3.63) is 12.5 Å². The number of aromatic nitrogens is 4. The number of aryl methyl sites for hydroxylation is 1. The van der Waals surface area contributed by atoms with Crippen LogP contribution in [0.15, 0.2) is 12.5 Å². The summed E-state index contributed by atoms with van der Waals surface area (Å²) >= 11 is 0. The predicted octanol–water partition coefficient (Wildman–Crippen LogP) is -0.199. The summed E-state index contributed by atoms with van der Waals surface area (Å²) in [7, 11) is 1.74. The molecule has 1 unspecified atom stereocenters. The van der Waals surface area contributed by atoms with Crippen LogP contribution in [0.3, 0.4) is 0 Å². The predicted molar refractivity (Wildman–Crippen MR) is 64.4 cm³/mol. The number of hydrogen-bond donors (Lipinski definition) is 1. The highest BCUT2D eigenvalue weighted by Crippen LogP contribution is 2.28. The van der Waals surface area contributed by atoms with E-state index in [0.717, 1.165) is 0 Å². The van der Waals surface area contributed by atoms with E-state index in [9.17, 15) is 9.59 Å². The van der Waals surface area contributed by atoms with Crippen molar-refractivity contribution >= 4 is 28.7 Å². The molecular weight excluding hydrogens is 250 g/mol. The quantitative estimate of drug-likeness (QED) is 0.803. The number of amides is 1. The summed E-state index contributed by atoms with van der Waals surface area (Å²) in [5.74, 6) is -1.47. The van der Waals surface area contributed by atoms with Crippen LogP contribution >= 0.6 is 0 Å². The van der Waals surface area contributed by atoms with E-state index in [1.165, 1.54) is 11.2 Å². The SMILES string of the molecule is Cn1ncc2c(N3CC(C(=O)O)CC3=O)ncnc21. The van der Waals surface area contributed by atoms with E-state index in [4.69, 9.17) is 5.11 Å². The minimum Gasteiger partial charge on any atom is -0.481 e. The van der Waals surface area contributed by atoms with Gasteiger partial charge in [-0.3, -0.25) is 19.2 Å². The molecule has 0 bridgehead atoms. The van der Waals surface area contributed by atoms with Gasteiger partial charge in [0.15, 0.2) is 5.65 Å². The van der Waals surface area contributed by atoms with Crippen LogP contribution in [0.5, 0.6) is 0 Å². The fraction of sp³-hybridized carbons (Fsp3) is 0.364. The first-order chi connectivity index (χ1) is 9.08. The van der Waals surface area contributed by atoms with Gasteiger partial charge >= 0.3 is 5.97 Å². The topological polar surface area (TPSA) is 101 Å². The summed E-state index contributed by atoms with van der Waals surface area (Å²) in [6.45, 7) is 0.134. The first kappa shape index (κ1) is 11.6. The van der Waals surface area contributed by atoms with Gasteiger partial charge in [-0.05, 0) is 0 Å². The highest BCUT2D eigenvalue weighted by Gasteiger charge is 2.36. The van der Waals surface area contributed by atoms with Crippen LogP contribution in [0.2, 0.25) is 0 Å². The number of carbonyl (C=O) groups is 2. The Balaban J connectivity index is 2.05. The van der Waals surface area contributed by atoms with Gasteiger partial charge in [0.1, 0.15) is 12.1 Å². The summed E-state index contributed by atoms with van der Waals surface area (Å²) in [5, 5.41) is 13.7. The maximum Gasteiger partial charge on any atom is 0.308 e. The largest absolute Gasteiger partial charge is 0.481 e. The summed E-state index contributed by atoms with van der Waals surface area (Å²) in [6, 6.07) is 0. The molecule has 2 aromatic heterocycles. The Kier molecular flexibility index (Phi) is 2.44. The van der Waals surface area contributed by atoms with Crippen molar-refractivity contribution in [3.8, 4) is 0 Å². The minimum atomic E-state index is -0.965. The maximum absolute atomic E-state index is 11.9. The number of rotatable bonds is 2. The number of anilines is 1. The van der Waals surface area contributed by atoms with Crippen LogP contribution in [0.4, 0.5) is 5.82 Å². The Hall–Kier alpha value is -2.51. The molecule has 8 heteroatoms. The van der Waals surface area contributed by atoms with E-state index < -0.39 is 11.9 Å². The van der Waals surface area contributed by atoms with E-state index in [1.54, 1.807) is 17.9 Å². The van der Waals surface area contributed by atoms with E-state index in [2.05, 4.69) is 15.1 Å². The Bertz CT molecular complexity index is 680. The molecule has 1 saturated heterocycles. The van der Waals surface area contributed by atoms with Crippen LogP contribution in [-0.4, -0.2) is 43.3 Å². The number of aliphatic carboxylic acids is 1. The molecule has 0 saturated carbocycles. The van der Waals surface area contributed by atoms with Crippen molar-refractivity contribution < 1.29 is 14.7 Å². The Labute approximate surface area is 107 Å². The first-order valence-corrected chi connectivity index (χ1v) is 5.74. The van der Waals surface area contributed by atoms with Gasteiger partial charge < -0.3 is 5.11 Å². The highest BCUT2D eigenvalue weighted by atomic mass is 16.4. The maximum atomic E-state index is 11.9. The summed E-state index contributed by atoms with van der Waals surface area (Å²) in [4.78, 5) is 32.5. The van der Waals surface area contributed by atoms with Crippen molar-refractivity contribution in [3.63, 3.8) is 0 Å². The van der Waals surface area contributed by atoms with Crippen molar-refractivity contribution in [1.82, 2.24) is 19.7 Å². The molecule has 1 aliphatic rings. The average molecular weight is 261 g/mol. The van der Waals surface area contributed by atoms with Crippen molar-refractivity contribution in [2.45, 2.75) is 6.42 Å². The Morgan fingerprint density at radius 2 is 2.26 bits per heavy atom. The molecule has 3 heterocycles. The van der Waals surface area contributed by atoms with Crippen LogP contribution < -0.4 is 4.90 Å². The minimum absolute atomic E-state index is 0.00108. The molecule has 0 spiro atoms. The second-order valence-corrected chi connectivity index (χ2v) is 4.45. The fourth-order valence-electron chi connectivity index (χ4n) is 2.24. The van der Waals surface area contributed by atoms with Crippen LogP contribution in [0, 0.1) is 5.92 Å². The van der Waals surface area contributed by atoms with Gasteiger partial charge in [-0.2, -0.15) is 5.10 Å². The van der Waals surface area contributed by atoms with E-state index in [0.29, 0.717) is 16.9 Å². The number of carboxylic acid groups (broad SMARTS) is 1. The third-order valence-electron chi connectivity index (χ3n) is 3.24. The summed E-state index contributed by atoms with van der Waals surface area (Å²) in [6.07, 6.45) is 2.92. The van der Waals surface area contributed by atoms with Gasteiger partial charge in [0, 0.05) is 20.0 Å². The number of carbonyl (C=O) groups excluding carboxylic acids is 1. The number of carboxylic acids is 1. The van der Waals surface area contributed by atoms with Crippen molar-refractivity contribution in [2.75, 3.05) is 11.4 Å². The molecule has 3 rings (SSSR count). The first-order valence-electron chi connectivity index (χ1n) is 5.74. The van der Waals surface area contributed by atoms with Gasteiger partial charge in [0.2, 0.25) is 5.91 Å². The van der Waals surface area contributed by atoms with E-state index >= 15 is 0 Å². The van der Waals surface area contributed by atoms with Crippen molar-refractivity contribution in [1.29, 1.82) is 0 Å². The van der Waals surface area contributed by atoms with Gasteiger partial charge in [0.05, 0.1) is 17.5 Å². The van der Waals surface area contributed by atoms with Gasteiger partial charge in [-0.15, -0.1) is 0 Å². The Morgan fingerprint density at radius 3 is 2.95 bits per heavy atom. The molecule has 1 atom stereocenters. The third kappa shape index (κ3) is 1.72. The molecule has 0 aromatic carbocycles. The van der Waals surface area contributed by atoms with Gasteiger partial charge in [-0.1, -0.05) is 0 Å². The van der Waals surface area contributed by atoms with Crippen LogP contribution in [0.1, 0.15) is 6.42 Å². The van der Waals surface area contributed by atoms with E-state index in [1.807, 2.05) is 0 Å². The van der Waals surface area contributed by atoms with Crippen LogP contribution in [-0.2, 0) is 16.6 Å². The normalized spacial score (nSPS) is 19.3. The molecular formula is C11H11N5O3. The molecule has 0 radical (unpaired) electrons. The highest BCUT2D eigenvalue weighted by molar-refractivity contribution is 6.03. The second-order valence-electron chi connectivity index (χ2n) is 4.45. The lowest BCUT2D eigenvalue weighted by molar-refractivity contribution is -0.141. The number of hydrogen-bond acceptors (Lipinski definition) is 5. The van der Waals surface area contributed by atoms with Gasteiger partial charge in [-0.25, -0.2) is 9.97 Å². The van der Waals surface area contributed by atoms with Crippen molar-refractivity contribution in [2.24, 2.45) is 13.0 Å². The molecule has 1 amide bonds. The lowest BCUT2D eigenvalue weighted by Crippen LogP contribution is -2.26. The number of fused-ring (bicyclic) bond motifs is 1. The third-order valence-corrected chi connectivity index (χ3v) is 3.24. The molecule has 1 fully saturated rings. The zero-order chi connectivity index (χ0) is 13.6. The molecule has 98 valence electrons. The Morgan fingerprint density at radius 1 is 1.47 bits per heavy atom. The fourth-order valence-corrected chi connectivity index (χ4v) is 2.24. The molecule has 8 nitrogen and oxygen atoms in total. The summed E-state index contributed by atoms with van der Waals surface area (Å²) in [5.41, 5.74) is 0.608. The lowest BCUT2D eigenvalue weighted by Gasteiger charge is -2.15. The van der Waals surface area contributed by atoms with E-state index in [-0.39, 0.29) is 18.9 Å². The smallest absolute Gasteiger partial charge is 0.308 e. The standard InChI is InChI=1S/C11H11N5O3/c1-15-9-7(3-14-15)10(13-5-12-9)16-4-6(11(18)19)2-8(16)17/h3,5-6H,2,4H2,1H3,(H,18,19). The molecule has 1 aliphatic heterocycles. The summed E-state index contributed by atoms with van der Waals surface area (Å²) < 4.78 is 1.58. The molecule has 0 aliphatic carbocycles. The average Bonchev–Trinajstić information content (AvgIpc) is 2.94. The molecule has 1 N–H and O–H groups in total. The second kappa shape index (κ2) is 4.01. The molecule has 2 aromatic rings. The molecule has 19 heavy (non-hydrogen) atoms. The lowest BCUT2D eigenvalue weighted by atomic mass is 10.1. The number of nitrogens with zero attached hydrogens (tertiary/aromatic N) is 5. The zero-order valence-electron chi connectivity index (χ0n) is 10.1. The monoisotopic (exact) mass is 261 g/mol. The zero-order valence-corrected chi connectivity index (χ0v) is 10.1.